The van der Waals surface area contributed by atoms with Crippen LogP contribution in [0.5, 0.6) is 0 Å². The Hall–Kier alpha value is -6.13. The minimum absolute atomic E-state index is 0.0920. The summed E-state index contributed by atoms with van der Waals surface area (Å²) in [5, 5.41) is 25.9. The highest BCUT2D eigenvalue weighted by molar-refractivity contribution is 5.99. The molecule has 0 aromatic carbocycles. The third-order valence-electron chi connectivity index (χ3n) is 15.8. The highest BCUT2D eigenvalue weighted by Gasteiger charge is 2.45. The van der Waals surface area contributed by atoms with Gasteiger partial charge in [-0.2, -0.15) is 0 Å². The Morgan fingerprint density at radius 1 is 0.471 bits per heavy atom. The van der Waals surface area contributed by atoms with Crippen LogP contribution < -0.4 is 26.6 Å². The second-order valence-corrected chi connectivity index (χ2v) is 26.1. The molecule has 0 spiro atoms. The number of nitrogens with zero attached hydrogens (tertiary/aromatic N) is 6. The summed E-state index contributed by atoms with van der Waals surface area (Å²) in [5.41, 5.74) is 0. The van der Waals surface area contributed by atoms with Crippen LogP contribution in [0.1, 0.15) is 163 Å². The number of likely N-dealkylation sites (N-methyl/N-ethyl adjacent to an activating group) is 6. The van der Waals surface area contributed by atoms with Crippen molar-refractivity contribution in [3.05, 3.63) is 12.2 Å². The third kappa shape index (κ3) is 22.6. The fraction of sp³-hybridized carbons (Fsp3) is 0.790. The van der Waals surface area contributed by atoms with Crippen molar-refractivity contribution in [1.82, 2.24) is 56.0 Å². The molecule has 0 aromatic heterocycles. The Morgan fingerprint density at radius 3 is 1.38 bits per heavy atom. The molecule has 0 unspecified atom stereocenters. The van der Waals surface area contributed by atoms with E-state index in [1.165, 1.54) is 75.7 Å². The van der Waals surface area contributed by atoms with Gasteiger partial charge in [0.25, 0.3) is 0 Å². The lowest BCUT2D eigenvalue weighted by Gasteiger charge is -2.41. The van der Waals surface area contributed by atoms with Gasteiger partial charge in [0.05, 0.1) is 12.6 Å². The quantitative estimate of drug-likeness (QED) is 0.121. The summed E-state index contributed by atoms with van der Waals surface area (Å²) in [6.45, 7) is 29.4. The van der Waals surface area contributed by atoms with E-state index in [-0.39, 0.29) is 55.8 Å². The van der Waals surface area contributed by atoms with Crippen molar-refractivity contribution in [2.45, 2.75) is 229 Å². The fourth-order valence-corrected chi connectivity index (χ4v) is 10.6. The molecular weight excluding hydrogens is 1090 g/mol. The lowest BCUT2D eigenvalue weighted by Crippen LogP contribution is -2.63. The molecule has 0 bridgehead atoms. The Morgan fingerprint density at radius 2 is 0.906 bits per heavy atom. The standard InChI is InChI=1S/C62H111N11O12/c1-24-26-28-40(15)52(75)51-57(80)65-43(27-25-2)58(81)68(18)33-48(74)69(19)45(30-35(5)6)56(79)67-49(38(11)12)61(84)70(20)46(31-36(7)8)55(78)64-41(16)53(76)63-42(17)54(77)66-44(29-34(3)4)59(82)71(21)47(32-37(9)10)60(83)72(22)50(39(13)14)62(85)73(51)23/h24,26,34-47,49-52,75H,25,27-33H2,1-23H3,(H,63,76)(H,64,78)(H,65,80)(H,66,77)(H,67,79)/b26-24+/t40-,41+,42-,43+,44+,45+,46+,47+,49+,50-,51+,52-/m1/s1. The molecule has 0 aliphatic carbocycles. The summed E-state index contributed by atoms with van der Waals surface area (Å²) in [6, 6.07) is -12.4. The number of amides is 11. The Kier molecular flexibility index (Phi) is 32.1. The molecule has 0 saturated carbocycles. The molecule has 486 valence electrons. The van der Waals surface area contributed by atoms with Crippen molar-refractivity contribution >= 4 is 65.0 Å². The molecule has 1 rings (SSSR count). The van der Waals surface area contributed by atoms with Gasteiger partial charge in [-0.15, -0.1) is 0 Å². The van der Waals surface area contributed by atoms with Gasteiger partial charge < -0.3 is 61.1 Å². The van der Waals surface area contributed by atoms with Crippen molar-refractivity contribution in [1.29, 1.82) is 0 Å². The van der Waals surface area contributed by atoms with E-state index in [4.69, 9.17) is 0 Å². The van der Waals surface area contributed by atoms with Gasteiger partial charge in [0.2, 0.25) is 65.0 Å². The van der Waals surface area contributed by atoms with Gasteiger partial charge in [0.1, 0.15) is 60.4 Å². The lowest BCUT2D eigenvalue weighted by molar-refractivity contribution is -0.156. The van der Waals surface area contributed by atoms with E-state index in [0.29, 0.717) is 12.8 Å². The first-order chi connectivity index (χ1) is 39.3. The van der Waals surface area contributed by atoms with Crippen LogP contribution in [-0.4, -0.2) is 215 Å². The molecule has 12 atom stereocenters. The van der Waals surface area contributed by atoms with E-state index in [0.717, 1.165) is 9.80 Å². The average Bonchev–Trinajstić information content (AvgIpc) is 3.12. The van der Waals surface area contributed by atoms with Crippen LogP contribution in [0.2, 0.25) is 0 Å². The van der Waals surface area contributed by atoms with Crippen LogP contribution in [0.15, 0.2) is 12.2 Å². The summed E-state index contributed by atoms with van der Waals surface area (Å²) in [6.07, 6.45) is 3.48. The van der Waals surface area contributed by atoms with E-state index < -0.39 is 156 Å². The number of aliphatic hydroxyl groups excluding tert-OH is 1. The van der Waals surface area contributed by atoms with Crippen molar-refractivity contribution in [3.63, 3.8) is 0 Å². The van der Waals surface area contributed by atoms with Crippen LogP contribution in [0.3, 0.4) is 0 Å². The first kappa shape index (κ1) is 76.9. The van der Waals surface area contributed by atoms with Crippen molar-refractivity contribution in [2.24, 2.45) is 41.4 Å². The normalized spacial score (nSPS) is 26.8. The number of allylic oxidation sites excluding steroid dienone is 2. The van der Waals surface area contributed by atoms with E-state index in [2.05, 4.69) is 26.6 Å². The number of hydrogen-bond acceptors (Lipinski definition) is 12. The van der Waals surface area contributed by atoms with Crippen molar-refractivity contribution < 1.29 is 57.8 Å². The van der Waals surface area contributed by atoms with Crippen molar-refractivity contribution in [3.8, 4) is 0 Å². The van der Waals surface area contributed by atoms with E-state index in [1.807, 2.05) is 61.5 Å². The van der Waals surface area contributed by atoms with Gasteiger partial charge in [-0.25, -0.2) is 0 Å². The Labute approximate surface area is 508 Å². The molecule has 1 saturated heterocycles. The highest BCUT2D eigenvalue weighted by Crippen LogP contribution is 2.25. The predicted molar refractivity (Wildman–Crippen MR) is 328 cm³/mol. The summed E-state index contributed by atoms with van der Waals surface area (Å²) >= 11 is 0. The van der Waals surface area contributed by atoms with Crippen LogP contribution in [0, 0.1) is 41.4 Å². The molecular formula is C62H111N11O12. The first-order valence-electron chi connectivity index (χ1n) is 30.7. The van der Waals surface area contributed by atoms with E-state index in [9.17, 15) is 48.3 Å². The monoisotopic (exact) mass is 1200 g/mol. The molecule has 0 radical (unpaired) electrons. The minimum Gasteiger partial charge on any atom is -0.390 e. The van der Waals surface area contributed by atoms with Crippen LogP contribution in [0.25, 0.3) is 0 Å². The molecule has 1 heterocycles. The lowest BCUT2D eigenvalue weighted by atomic mass is 9.91. The topological polar surface area (TPSA) is 288 Å². The molecule has 23 nitrogen and oxygen atoms in total. The van der Waals surface area contributed by atoms with Gasteiger partial charge in [-0.05, 0) is 101 Å². The van der Waals surface area contributed by atoms with Gasteiger partial charge in [0, 0.05) is 42.3 Å². The van der Waals surface area contributed by atoms with Crippen LogP contribution in [0.4, 0.5) is 0 Å². The van der Waals surface area contributed by atoms with Gasteiger partial charge >= 0.3 is 0 Å². The maximum Gasteiger partial charge on any atom is 0.246 e. The average molecular weight is 1200 g/mol. The maximum atomic E-state index is 15.1. The Bertz CT molecular complexity index is 2310. The Balaban J connectivity index is 4.31. The maximum absolute atomic E-state index is 15.1. The number of aliphatic hydroxyl groups is 1. The highest BCUT2D eigenvalue weighted by atomic mass is 16.3. The zero-order valence-corrected chi connectivity index (χ0v) is 55.8. The molecule has 1 aliphatic heterocycles. The van der Waals surface area contributed by atoms with Crippen LogP contribution in [-0.2, 0) is 52.7 Å². The zero-order chi connectivity index (χ0) is 65.8. The zero-order valence-electron chi connectivity index (χ0n) is 55.8. The summed E-state index contributed by atoms with van der Waals surface area (Å²) in [4.78, 5) is 167. The molecule has 11 amide bonds. The minimum atomic E-state index is -1.61. The van der Waals surface area contributed by atoms with Crippen molar-refractivity contribution in [2.75, 3.05) is 48.8 Å². The van der Waals surface area contributed by atoms with Gasteiger partial charge in [-0.3, -0.25) is 52.7 Å². The van der Waals surface area contributed by atoms with Crippen LogP contribution >= 0.6 is 0 Å². The second kappa shape index (κ2) is 35.5. The summed E-state index contributed by atoms with van der Waals surface area (Å²) < 4.78 is 0. The molecule has 85 heavy (non-hydrogen) atoms. The number of carbonyl (C=O) groups excluding carboxylic acids is 11. The summed E-state index contributed by atoms with van der Waals surface area (Å²) in [5.74, 6) is -9.82. The number of carbonyl (C=O) groups is 11. The molecule has 0 aromatic rings. The first-order valence-corrected chi connectivity index (χ1v) is 30.7. The van der Waals surface area contributed by atoms with E-state index in [1.54, 1.807) is 54.5 Å². The smallest absolute Gasteiger partial charge is 0.246 e. The second-order valence-electron chi connectivity index (χ2n) is 26.1. The molecule has 23 heteroatoms. The van der Waals surface area contributed by atoms with E-state index >= 15 is 9.59 Å². The fourth-order valence-electron chi connectivity index (χ4n) is 10.6. The number of nitrogens with one attached hydrogen (secondary N) is 5. The van der Waals surface area contributed by atoms with Gasteiger partial charge in [-0.1, -0.05) is 116 Å². The predicted octanol–water partition coefficient (Wildman–Crippen LogP) is 3.32. The largest absolute Gasteiger partial charge is 0.390 e. The third-order valence-corrected chi connectivity index (χ3v) is 15.8. The molecule has 1 aliphatic rings. The number of hydrogen-bond donors (Lipinski definition) is 6. The SMILES string of the molecule is C/C=C/C[C@@H](C)[C@@H](O)[C@H]1C(=O)N[C@@H](CCC)C(=O)N(C)CC(=O)N(C)[C@@H](CC(C)C)C(=O)N[C@@H](C(C)C)C(=O)N(C)[C@@H](CC(C)C)C(=O)N[C@@H](C)C(=O)N[C@H](C)C(=O)N[C@@H](CC(C)C)C(=O)N(C)[C@@H](CC(C)C)C(=O)N(C)[C@H](C(C)C)C(=O)N1C. The number of rotatable bonds is 16. The van der Waals surface area contributed by atoms with Gasteiger partial charge in [0.15, 0.2) is 0 Å². The molecule has 1 fully saturated rings. The summed E-state index contributed by atoms with van der Waals surface area (Å²) in [7, 11) is 8.48. The molecule has 6 N–H and O–H groups in total.